The van der Waals surface area contributed by atoms with Crippen LogP contribution in [0.4, 0.5) is 0 Å². The van der Waals surface area contributed by atoms with Gasteiger partial charge in [0.1, 0.15) is 0 Å². The highest BCUT2D eigenvalue weighted by Gasteiger charge is 2.69. The lowest BCUT2D eigenvalue weighted by Gasteiger charge is -2.39. The second-order valence-corrected chi connectivity index (χ2v) is 23.4. The summed E-state index contributed by atoms with van der Waals surface area (Å²) in [6, 6.07) is 11.4. The van der Waals surface area contributed by atoms with Gasteiger partial charge in [-0.05, 0) is 36.4 Å². The fourth-order valence-corrected chi connectivity index (χ4v) is 21.5. The van der Waals surface area contributed by atoms with Gasteiger partial charge in [0.15, 0.2) is 18.1 Å². The van der Waals surface area contributed by atoms with Crippen molar-refractivity contribution < 1.29 is 55.4 Å². The van der Waals surface area contributed by atoms with Crippen molar-refractivity contribution in [3.05, 3.63) is 0 Å². The average Bonchev–Trinajstić information content (AvgIpc) is 2.83. The molecule has 0 spiro atoms. The first-order valence-corrected chi connectivity index (χ1v) is 26.5. The van der Waals surface area contributed by atoms with Gasteiger partial charge in [-0.3, -0.25) is 0 Å². The highest BCUT2D eigenvalue weighted by molar-refractivity contribution is 6.82. The standard InChI is InChI=1S/C12H34O13Si8.CH6Si/c1-13-30(14-2,15-3)23-33(20-27-8,22-29(11)12)25-31(16-4,17-5)24-32(18-6,19-26-7)21-28(9)10;1-2/h7-8,28-29H,1-6,9-12H3;1-2H3. The maximum Gasteiger partial charge on any atom is 0.727 e. The maximum absolute atomic E-state index is 6.20. The molecule has 0 N–H and O–H groups in total. The van der Waals surface area contributed by atoms with Crippen molar-refractivity contribution in [2.24, 2.45) is 0 Å². The van der Waals surface area contributed by atoms with E-state index in [0.29, 0.717) is 0 Å². The molecule has 0 aromatic carbocycles. The van der Waals surface area contributed by atoms with E-state index in [0.717, 1.165) is 0 Å². The highest BCUT2D eigenvalue weighted by Crippen LogP contribution is 2.28. The van der Waals surface area contributed by atoms with E-state index in [1.54, 1.807) is 0 Å². The minimum absolute atomic E-state index is 0.503. The molecule has 0 amide bonds. The molecular formula is C13H40O13Si9. The van der Waals surface area contributed by atoms with Gasteiger partial charge in [-0.15, -0.1) is 12.0 Å². The third-order valence-corrected chi connectivity index (χ3v) is 21.4. The van der Waals surface area contributed by atoms with Crippen LogP contribution in [0.25, 0.3) is 0 Å². The van der Waals surface area contributed by atoms with Crippen LogP contribution >= 0.6 is 0 Å². The first kappa shape index (κ1) is 37.8. The quantitative estimate of drug-likeness (QED) is 0.160. The van der Waals surface area contributed by atoms with Crippen LogP contribution in [0.5, 0.6) is 0 Å². The molecule has 0 aromatic rings. The van der Waals surface area contributed by atoms with Crippen molar-refractivity contribution in [3.63, 3.8) is 0 Å². The third-order valence-electron chi connectivity index (χ3n) is 3.38. The van der Waals surface area contributed by atoms with E-state index in [-0.39, 0.29) is 0 Å². The minimum Gasteiger partial charge on any atom is -0.496 e. The largest absolute Gasteiger partial charge is 0.727 e. The molecule has 0 bridgehead atoms. The van der Waals surface area contributed by atoms with Crippen LogP contribution in [0.3, 0.4) is 0 Å². The first-order valence-electron chi connectivity index (χ1n) is 10.5. The summed E-state index contributed by atoms with van der Waals surface area (Å²) >= 11 is 0. The van der Waals surface area contributed by atoms with Gasteiger partial charge in [0, 0.05) is 42.7 Å². The lowest BCUT2D eigenvalue weighted by atomic mass is 11.8. The highest BCUT2D eigenvalue weighted by atomic mass is 28.6. The zero-order valence-electron chi connectivity index (χ0n) is 22.6. The van der Waals surface area contributed by atoms with E-state index < -0.39 is 72.7 Å². The molecule has 0 fully saturated rings. The molecule has 0 saturated heterocycles. The van der Waals surface area contributed by atoms with Gasteiger partial charge in [0.2, 0.25) is 18.4 Å². The van der Waals surface area contributed by atoms with E-state index in [1.807, 2.05) is 26.2 Å². The number of rotatable bonds is 18. The minimum atomic E-state index is -4.25. The van der Waals surface area contributed by atoms with Gasteiger partial charge in [0.25, 0.3) is 0 Å². The van der Waals surface area contributed by atoms with Crippen LogP contribution < -0.4 is 0 Å². The Morgan fingerprint density at radius 3 is 1.11 bits per heavy atom. The van der Waals surface area contributed by atoms with Crippen LogP contribution in [0.2, 0.25) is 32.7 Å². The van der Waals surface area contributed by atoms with Gasteiger partial charge >= 0.3 is 36.2 Å². The fourth-order valence-electron chi connectivity index (χ4n) is 2.16. The van der Waals surface area contributed by atoms with Crippen LogP contribution in [0.1, 0.15) is 0 Å². The molecule has 0 aliphatic rings. The molecule has 0 rings (SSSR count). The van der Waals surface area contributed by atoms with Gasteiger partial charge in [-0.2, -0.15) is 0 Å². The van der Waals surface area contributed by atoms with Crippen molar-refractivity contribution in [1.82, 2.24) is 0 Å². The van der Waals surface area contributed by atoms with Crippen LogP contribution in [0, 0.1) is 12.0 Å². The predicted molar refractivity (Wildman–Crippen MR) is 148 cm³/mol. The van der Waals surface area contributed by atoms with E-state index in [2.05, 4.69) is 6.55 Å². The van der Waals surface area contributed by atoms with Crippen molar-refractivity contribution >= 4 is 82.9 Å². The molecule has 2 atom stereocenters. The smallest absolute Gasteiger partial charge is 0.496 e. The summed E-state index contributed by atoms with van der Waals surface area (Å²) in [6.45, 7) is 9.69. The van der Waals surface area contributed by atoms with Gasteiger partial charge in [0.05, 0.1) is 0 Å². The molecule has 13 nitrogen and oxygen atoms in total. The second kappa shape index (κ2) is 18.8. The summed E-state index contributed by atoms with van der Waals surface area (Å²) < 4.78 is 74.5. The normalized spacial score (nSPS) is 15.4. The topological polar surface area (TPSA) is 120 Å². The summed E-state index contributed by atoms with van der Waals surface area (Å²) in [5, 5.41) is 0. The summed E-state index contributed by atoms with van der Waals surface area (Å²) in [5.74, 6) is 0. The predicted octanol–water partition coefficient (Wildman–Crippen LogP) is -1.49. The number of hydrogen-bond donors (Lipinski definition) is 0. The molecule has 22 heteroatoms. The van der Waals surface area contributed by atoms with Gasteiger partial charge in [-0.1, -0.05) is 6.55 Å². The summed E-state index contributed by atoms with van der Waals surface area (Å²) in [6.07, 6.45) is 0. The van der Waals surface area contributed by atoms with E-state index in [9.17, 15) is 0 Å². The Morgan fingerprint density at radius 2 is 0.800 bits per heavy atom. The monoisotopic (exact) mass is 656 g/mol. The Balaban J connectivity index is 0. The fraction of sp³-hybridized carbons (Fsp3) is 0.846. The van der Waals surface area contributed by atoms with E-state index in [4.69, 9.17) is 67.4 Å². The lowest BCUT2D eigenvalue weighted by Crippen LogP contribution is -2.70. The molecular weight excluding hydrogens is 617 g/mol. The first-order chi connectivity index (χ1) is 16.4. The molecule has 2 unspecified atom stereocenters. The average molecular weight is 657 g/mol. The van der Waals surface area contributed by atoms with Crippen molar-refractivity contribution in [3.8, 4) is 12.0 Å². The summed E-state index contributed by atoms with van der Waals surface area (Å²) in [4.78, 5) is 0. The SMILES string of the molecule is C#[Si]O[Si](OC)(O[SiH](C)C)O[Si](OC)(OC)O[Si](O[Si]#C)(O[SiH](C)C)O[Si](OC)(OC)OC.C[SiH3]. The Morgan fingerprint density at radius 1 is 0.514 bits per heavy atom. The van der Waals surface area contributed by atoms with Crippen LogP contribution in [-0.2, 0) is 55.4 Å². The third kappa shape index (κ3) is 12.4. The van der Waals surface area contributed by atoms with E-state index in [1.165, 1.54) is 52.9 Å². The molecule has 35 heavy (non-hydrogen) atoms. The second-order valence-electron chi connectivity index (χ2n) is 6.30. The zero-order valence-corrected chi connectivity index (χ0v) is 32.9. The molecule has 0 radical (unpaired) electrons. The Labute approximate surface area is 225 Å². The van der Waals surface area contributed by atoms with Crippen LogP contribution in [0.15, 0.2) is 0 Å². The van der Waals surface area contributed by atoms with Crippen molar-refractivity contribution in [2.75, 3.05) is 42.7 Å². The summed E-state index contributed by atoms with van der Waals surface area (Å²) in [5.41, 5.74) is 0. The Bertz CT molecular complexity index is 647. The summed E-state index contributed by atoms with van der Waals surface area (Å²) in [7, 11) is -11.5. The molecule has 206 valence electrons. The van der Waals surface area contributed by atoms with Crippen molar-refractivity contribution in [1.29, 1.82) is 0 Å². The van der Waals surface area contributed by atoms with Gasteiger partial charge < -0.3 is 55.4 Å². The van der Waals surface area contributed by atoms with Crippen LogP contribution in [-0.4, -0.2) is 126 Å². The maximum atomic E-state index is 6.20. The molecule has 0 heterocycles. The Hall–Kier alpha value is 0.672. The van der Waals surface area contributed by atoms with E-state index >= 15 is 0 Å². The molecule has 0 aliphatic carbocycles. The number of hydrogen-bond acceptors (Lipinski definition) is 13. The van der Waals surface area contributed by atoms with Gasteiger partial charge in [-0.25, -0.2) is 0 Å². The lowest BCUT2D eigenvalue weighted by molar-refractivity contribution is -0.0287. The molecule has 0 saturated carbocycles. The van der Waals surface area contributed by atoms with Crippen molar-refractivity contribution in [2.45, 2.75) is 32.7 Å². The molecule has 0 aliphatic heterocycles. The molecule has 0 aromatic heterocycles. The zero-order chi connectivity index (χ0) is 27.8. The Kier molecular flexibility index (Phi) is 20.4.